The van der Waals surface area contributed by atoms with E-state index in [1.807, 2.05) is 23.1 Å². The van der Waals surface area contributed by atoms with Crippen LogP contribution in [0.2, 0.25) is 0 Å². The van der Waals surface area contributed by atoms with Gasteiger partial charge in [-0.2, -0.15) is 0 Å². The molecule has 3 nitrogen and oxygen atoms in total. The van der Waals surface area contributed by atoms with E-state index in [0.717, 1.165) is 36.1 Å². The average Bonchev–Trinajstić information content (AvgIpc) is 3.11. The largest absolute Gasteiger partial charge is 0.308 e. The van der Waals surface area contributed by atoms with E-state index in [0.29, 0.717) is 0 Å². The first-order chi connectivity index (χ1) is 10.3. The van der Waals surface area contributed by atoms with Crippen LogP contribution in [0, 0.1) is 0 Å². The maximum atomic E-state index is 12.6. The first kappa shape index (κ1) is 12.8. The van der Waals surface area contributed by atoms with Crippen LogP contribution in [0.25, 0.3) is 10.8 Å². The van der Waals surface area contributed by atoms with Gasteiger partial charge < -0.3 is 9.80 Å². The Kier molecular flexibility index (Phi) is 3.15. The summed E-state index contributed by atoms with van der Waals surface area (Å²) < 4.78 is 0. The summed E-state index contributed by atoms with van der Waals surface area (Å²) in [5.41, 5.74) is 1.96. The molecule has 0 aliphatic carbocycles. The van der Waals surface area contributed by atoms with Gasteiger partial charge in [0.2, 0.25) is 0 Å². The Hall–Kier alpha value is -1.87. The third kappa shape index (κ3) is 2.12. The SMILES string of the molecule is O=C1c2cccc3cccc(c23)N1CCCN1CCCC1. The second-order valence-corrected chi connectivity index (χ2v) is 6.04. The molecule has 0 spiro atoms. The number of amides is 1. The van der Waals surface area contributed by atoms with Crippen LogP contribution in [0.4, 0.5) is 5.69 Å². The zero-order valence-corrected chi connectivity index (χ0v) is 12.2. The topological polar surface area (TPSA) is 23.6 Å². The van der Waals surface area contributed by atoms with Crippen molar-refractivity contribution in [3.05, 3.63) is 42.0 Å². The van der Waals surface area contributed by atoms with E-state index >= 15 is 0 Å². The smallest absolute Gasteiger partial charge is 0.258 e. The number of carbonyl (C=O) groups is 1. The number of nitrogens with zero attached hydrogens (tertiary/aromatic N) is 2. The summed E-state index contributed by atoms with van der Waals surface area (Å²) in [6, 6.07) is 12.2. The van der Waals surface area contributed by atoms with Crippen molar-refractivity contribution < 1.29 is 4.79 Å². The molecule has 1 saturated heterocycles. The first-order valence-electron chi connectivity index (χ1n) is 7.90. The number of carbonyl (C=O) groups excluding carboxylic acids is 1. The van der Waals surface area contributed by atoms with E-state index in [1.54, 1.807) is 0 Å². The average molecular weight is 280 g/mol. The fourth-order valence-corrected chi connectivity index (χ4v) is 3.66. The number of hydrogen-bond acceptors (Lipinski definition) is 2. The van der Waals surface area contributed by atoms with Crippen molar-refractivity contribution in [1.82, 2.24) is 4.90 Å². The molecule has 2 aliphatic heterocycles. The molecular weight excluding hydrogens is 260 g/mol. The van der Waals surface area contributed by atoms with Crippen LogP contribution in [-0.2, 0) is 0 Å². The molecule has 1 amide bonds. The van der Waals surface area contributed by atoms with Gasteiger partial charge in [0.1, 0.15) is 0 Å². The number of likely N-dealkylation sites (tertiary alicyclic amines) is 1. The molecule has 2 heterocycles. The minimum absolute atomic E-state index is 0.170. The van der Waals surface area contributed by atoms with Crippen LogP contribution in [0.5, 0.6) is 0 Å². The standard InChI is InChI=1S/C18H20N2O/c21-18-15-8-3-6-14-7-4-9-16(17(14)15)20(18)13-5-12-19-10-1-2-11-19/h3-4,6-9H,1-2,5,10-13H2. The number of benzene rings is 2. The highest BCUT2D eigenvalue weighted by Gasteiger charge is 2.29. The fraction of sp³-hybridized carbons (Fsp3) is 0.389. The summed E-state index contributed by atoms with van der Waals surface area (Å²) in [5, 5.41) is 2.30. The van der Waals surface area contributed by atoms with Crippen molar-refractivity contribution in [2.45, 2.75) is 19.3 Å². The fourth-order valence-electron chi connectivity index (χ4n) is 3.66. The quantitative estimate of drug-likeness (QED) is 0.858. The maximum Gasteiger partial charge on any atom is 0.258 e. The molecule has 3 heteroatoms. The Balaban J connectivity index is 1.55. The molecule has 108 valence electrons. The van der Waals surface area contributed by atoms with Gasteiger partial charge in [0.15, 0.2) is 0 Å². The lowest BCUT2D eigenvalue weighted by Gasteiger charge is -2.20. The van der Waals surface area contributed by atoms with E-state index in [4.69, 9.17) is 0 Å². The van der Waals surface area contributed by atoms with Crippen molar-refractivity contribution in [2.24, 2.45) is 0 Å². The van der Waals surface area contributed by atoms with Gasteiger partial charge in [0.25, 0.3) is 5.91 Å². The zero-order valence-electron chi connectivity index (χ0n) is 12.2. The van der Waals surface area contributed by atoms with Crippen LogP contribution in [0.15, 0.2) is 36.4 Å². The van der Waals surface area contributed by atoms with Crippen molar-refractivity contribution >= 4 is 22.4 Å². The highest BCUT2D eigenvalue weighted by Crippen LogP contribution is 2.37. The second kappa shape index (κ2) is 5.15. The van der Waals surface area contributed by atoms with E-state index in [9.17, 15) is 4.79 Å². The summed E-state index contributed by atoms with van der Waals surface area (Å²) >= 11 is 0. The summed E-state index contributed by atoms with van der Waals surface area (Å²) in [6.07, 6.45) is 3.71. The Bertz CT molecular complexity index is 683. The summed E-state index contributed by atoms with van der Waals surface area (Å²) in [5.74, 6) is 0.170. The van der Waals surface area contributed by atoms with Crippen molar-refractivity contribution in [1.29, 1.82) is 0 Å². The molecular formula is C18H20N2O. The summed E-state index contributed by atoms with van der Waals surface area (Å²) in [6.45, 7) is 4.38. The molecule has 2 aromatic carbocycles. The number of rotatable bonds is 4. The lowest BCUT2D eigenvalue weighted by molar-refractivity contribution is 0.0992. The molecule has 0 N–H and O–H groups in total. The van der Waals surface area contributed by atoms with E-state index < -0.39 is 0 Å². The normalized spacial score (nSPS) is 18.1. The molecule has 0 saturated carbocycles. The van der Waals surface area contributed by atoms with E-state index in [2.05, 4.69) is 23.1 Å². The molecule has 0 radical (unpaired) electrons. The van der Waals surface area contributed by atoms with E-state index in [1.165, 1.54) is 31.3 Å². The van der Waals surface area contributed by atoms with Crippen LogP contribution < -0.4 is 4.90 Å². The predicted molar refractivity (Wildman–Crippen MR) is 85.9 cm³/mol. The minimum atomic E-state index is 0.170. The second-order valence-electron chi connectivity index (χ2n) is 6.04. The summed E-state index contributed by atoms with van der Waals surface area (Å²) in [7, 11) is 0. The molecule has 4 rings (SSSR count). The molecule has 2 aliphatic rings. The highest BCUT2D eigenvalue weighted by molar-refractivity contribution is 6.24. The van der Waals surface area contributed by atoms with Crippen molar-refractivity contribution in [3.63, 3.8) is 0 Å². The van der Waals surface area contributed by atoms with Gasteiger partial charge >= 0.3 is 0 Å². The van der Waals surface area contributed by atoms with Gasteiger partial charge in [-0.25, -0.2) is 0 Å². The Morgan fingerprint density at radius 2 is 1.71 bits per heavy atom. The molecule has 0 bridgehead atoms. The van der Waals surface area contributed by atoms with Gasteiger partial charge in [-0.05, 0) is 56.4 Å². The van der Waals surface area contributed by atoms with Gasteiger partial charge in [-0.15, -0.1) is 0 Å². The summed E-state index contributed by atoms with van der Waals surface area (Å²) in [4.78, 5) is 17.1. The first-order valence-corrected chi connectivity index (χ1v) is 7.90. The van der Waals surface area contributed by atoms with Crippen molar-refractivity contribution in [3.8, 4) is 0 Å². The molecule has 21 heavy (non-hydrogen) atoms. The molecule has 0 atom stereocenters. The third-order valence-electron chi connectivity index (χ3n) is 4.70. The van der Waals surface area contributed by atoms with Crippen LogP contribution in [0.3, 0.4) is 0 Å². The van der Waals surface area contributed by atoms with Crippen molar-refractivity contribution in [2.75, 3.05) is 31.1 Å². The van der Waals surface area contributed by atoms with Gasteiger partial charge in [0.05, 0.1) is 5.69 Å². The van der Waals surface area contributed by atoms with Gasteiger partial charge in [0, 0.05) is 17.5 Å². The molecule has 0 aromatic heterocycles. The van der Waals surface area contributed by atoms with Gasteiger partial charge in [-0.1, -0.05) is 24.3 Å². The monoisotopic (exact) mass is 280 g/mol. The van der Waals surface area contributed by atoms with E-state index in [-0.39, 0.29) is 5.91 Å². The third-order valence-corrected chi connectivity index (χ3v) is 4.70. The lowest BCUT2D eigenvalue weighted by Crippen LogP contribution is -2.31. The van der Waals surface area contributed by atoms with Crippen LogP contribution in [-0.4, -0.2) is 37.0 Å². The Labute approximate surface area is 125 Å². The highest BCUT2D eigenvalue weighted by atomic mass is 16.2. The molecule has 2 aromatic rings. The Morgan fingerprint density at radius 3 is 2.52 bits per heavy atom. The molecule has 1 fully saturated rings. The Morgan fingerprint density at radius 1 is 0.952 bits per heavy atom. The zero-order chi connectivity index (χ0) is 14.2. The minimum Gasteiger partial charge on any atom is -0.308 e. The van der Waals surface area contributed by atoms with Crippen LogP contribution in [0.1, 0.15) is 29.6 Å². The number of anilines is 1. The maximum absolute atomic E-state index is 12.6. The van der Waals surface area contributed by atoms with Gasteiger partial charge in [-0.3, -0.25) is 4.79 Å². The predicted octanol–water partition coefficient (Wildman–Crippen LogP) is 3.29. The molecule has 0 unspecified atom stereocenters. The lowest BCUT2D eigenvalue weighted by atomic mass is 10.1. The number of hydrogen-bond donors (Lipinski definition) is 0. The van der Waals surface area contributed by atoms with Crippen LogP contribution >= 0.6 is 0 Å².